The lowest BCUT2D eigenvalue weighted by molar-refractivity contribution is 0.0913. The van der Waals surface area contributed by atoms with Gasteiger partial charge in [0.05, 0.1) is 13.2 Å². The van der Waals surface area contributed by atoms with Crippen LogP contribution < -0.4 is 15.2 Å². The molecule has 0 fully saturated rings. The maximum atomic E-state index is 9.75. The maximum absolute atomic E-state index is 9.75. The van der Waals surface area contributed by atoms with Crippen molar-refractivity contribution < 1.29 is 14.6 Å². The second-order valence-corrected chi connectivity index (χ2v) is 3.32. The zero-order valence-corrected chi connectivity index (χ0v) is 7.93. The summed E-state index contributed by atoms with van der Waals surface area (Å²) in [5.41, 5.74) is 6.38. The Kier molecular flexibility index (Phi) is 2.31. The second kappa shape index (κ2) is 3.48. The summed E-state index contributed by atoms with van der Waals surface area (Å²) in [6, 6.07) is 4.96. The zero-order chi connectivity index (χ0) is 10.1. The number of methoxy groups -OCH3 is 1. The molecule has 1 heterocycles. The number of aliphatic hydroxyl groups excluding tert-OH is 1. The van der Waals surface area contributed by atoms with E-state index >= 15 is 0 Å². The van der Waals surface area contributed by atoms with Crippen molar-refractivity contribution in [3.8, 4) is 11.5 Å². The molecule has 4 heteroatoms. The van der Waals surface area contributed by atoms with Crippen LogP contribution in [0.4, 0.5) is 0 Å². The Bertz CT molecular complexity index is 340. The van der Waals surface area contributed by atoms with E-state index in [0.29, 0.717) is 18.1 Å². The minimum absolute atomic E-state index is 0.335. The molecule has 4 nitrogen and oxygen atoms in total. The predicted molar refractivity (Wildman–Crippen MR) is 51.4 cm³/mol. The molecule has 2 rings (SSSR count). The molecule has 3 N–H and O–H groups in total. The highest BCUT2D eigenvalue weighted by atomic mass is 16.5. The van der Waals surface area contributed by atoms with Crippen LogP contribution in [-0.2, 0) is 0 Å². The summed E-state index contributed by atoms with van der Waals surface area (Å²) in [5, 5.41) is 9.75. The fraction of sp³-hybridized carbons (Fsp3) is 0.400. The van der Waals surface area contributed by atoms with Crippen molar-refractivity contribution in [3.05, 3.63) is 23.8 Å². The smallest absolute Gasteiger partial charge is 0.128 e. The number of fused-ring (bicyclic) bond motifs is 1. The van der Waals surface area contributed by atoms with Gasteiger partial charge in [-0.05, 0) is 12.1 Å². The Morgan fingerprint density at radius 1 is 1.57 bits per heavy atom. The van der Waals surface area contributed by atoms with Crippen molar-refractivity contribution in [1.82, 2.24) is 0 Å². The minimum atomic E-state index is -0.648. The monoisotopic (exact) mass is 195 g/mol. The largest absolute Gasteiger partial charge is 0.497 e. The molecule has 0 amide bonds. The third-order valence-electron chi connectivity index (χ3n) is 2.38. The van der Waals surface area contributed by atoms with Gasteiger partial charge >= 0.3 is 0 Å². The van der Waals surface area contributed by atoms with Gasteiger partial charge in [0.25, 0.3) is 0 Å². The molecular formula is C10H13NO3. The van der Waals surface area contributed by atoms with E-state index in [4.69, 9.17) is 15.2 Å². The third kappa shape index (κ3) is 1.42. The van der Waals surface area contributed by atoms with E-state index in [9.17, 15) is 5.11 Å². The number of hydrogen-bond donors (Lipinski definition) is 2. The number of aliphatic hydroxyl groups is 1. The van der Waals surface area contributed by atoms with Crippen LogP contribution >= 0.6 is 0 Å². The molecule has 1 aliphatic heterocycles. The molecule has 1 aromatic carbocycles. The van der Waals surface area contributed by atoms with Gasteiger partial charge < -0.3 is 20.3 Å². The van der Waals surface area contributed by atoms with Gasteiger partial charge in [0.2, 0.25) is 0 Å². The summed E-state index contributed by atoms with van der Waals surface area (Å²) in [5.74, 6) is 1.37. The van der Waals surface area contributed by atoms with Gasteiger partial charge in [0.15, 0.2) is 0 Å². The Balaban J connectivity index is 2.38. The molecule has 0 aromatic heterocycles. The molecule has 0 radical (unpaired) electrons. The van der Waals surface area contributed by atoms with Gasteiger partial charge in [-0.25, -0.2) is 0 Å². The summed E-state index contributed by atoms with van der Waals surface area (Å²) in [7, 11) is 1.59. The van der Waals surface area contributed by atoms with Crippen LogP contribution in [-0.4, -0.2) is 24.9 Å². The van der Waals surface area contributed by atoms with Crippen LogP contribution in [0.1, 0.15) is 11.7 Å². The molecule has 0 saturated carbocycles. The van der Waals surface area contributed by atoms with Crippen molar-refractivity contribution in [2.75, 3.05) is 13.7 Å². The van der Waals surface area contributed by atoms with Gasteiger partial charge in [-0.15, -0.1) is 0 Å². The van der Waals surface area contributed by atoms with Crippen LogP contribution in [0, 0.1) is 0 Å². The molecule has 0 saturated heterocycles. The number of hydrogen-bond acceptors (Lipinski definition) is 4. The Labute approximate surface area is 82.2 Å². The van der Waals surface area contributed by atoms with Gasteiger partial charge in [-0.2, -0.15) is 0 Å². The van der Waals surface area contributed by atoms with E-state index in [0.717, 1.165) is 5.56 Å². The van der Waals surface area contributed by atoms with Crippen molar-refractivity contribution in [2.45, 2.75) is 12.1 Å². The average Bonchev–Trinajstić information content (AvgIpc) is 2.23. The fourth-order valence-corrected chi connectivity index (χ4v) is 1.52. The molecule has 2 atom stereocenters. The standard InChI is InChI=1S/C10H13NO3/c1-13-6-2-3-7-9(4-6)14-5-8(11)10(7)12/h2-4,8,10,12H,5,11H2,1H3/t8-,10+/m1/s1. The molecule has 0 aliphatic carbocycles. The first-order chi connectivity index (χ1) is 6.72. The Morgan fingerprint density at radius 3 is 3.07 bits per heavy atom. The topological polar surface area (TPSA) is 64.7 Å². The molecule has 14 heavy (non-hydrogen) atoms. The highest BCUT2D eigenvalue weighted by molar-refractivity contribution is 5.43. The van der Waals surface area contributed by atoms with Crippen molar-refractivity contribution in [1.29, 1.82) is 0 Å². The average molecular weight is 195 g/mol. The first-order valence-electron chi connectivity index (χ1n) is 4.46. The predicted octanol–water partition coefficient (Wildman–Crippen LogP) is 0.448. The fourth-order valence-electron chi connectivity index (χ4n) is 1.52. The van der Waals surface area contributed by atoms with Crippen LogP contribution in [0.25, 0.3) is 0 Å². The molecule has 76 valence electrons. The van der Waals surface area contributed by atoms with Crippen molar-refractivity contribution >= 4 is 0 Å². The van der Waals surface area contributed by atoms with E-state index < -0.39 is 6.10 Å². The molecule has 0 bridgehead atoms. The van der Waals surface area contributed by atoms with Crippen LogP contribution in [0.15, 0.2) is 18.2 Å². The Hall–Kier alpha value is -1.26. The zero-order valence-electron chi connectivity index (χ0n) is 7.93. The normalized spacial score (nSPS) is 25.1. The molecule has 1 aromatic rings. The first-order valence-corrected chi connectivity index (χ1v) is 4.46. The molecular weight excluding hydrogens is 182 g/mol. The molecule has 0 spiro atoms. The summed E-state index contributed by atoms with van der Waals surface area (Å²) in [6.07, 6.45) is -0.648. The lowest BCUT2D eigenvalue weighted by atomic mass is 10.00. The molecule has 0 unspecified atom stereocenters. The van der Waals surface area contributed by atoms with E-state index in [2.05, 4.69) is 0 Å². The van der Waals surface area contributed by atoms with Gasteiger partial charge in [0, 0.05) is 11.6 Å². The highest BCUT2D eigenvalue weighted by Crippen LogP contribution is 2.34. The van der Waals surface area contributed by atoms with Gasteiger partial charge in [-0.3, -0.25) is 0 Å². The van der Waals surface area contributed by atoms with E-state index in [1.54, 1.807) is 25.3 Å². The van der Waals surface area contributed by atoms with E-state index in [1.807, 2.05) is 0 Å². The number of rotatable bonds is 1. The van der Waals surface area contributed by atoms with Crippen molar-refractivity contribution in [2.24, 2.45) is 5.73 Å². The van der Waals surface area contributed by atoms with Crippen LogP contribution in [0.5, 0.6) is 11.5 Å². The SMILES string of the molecule is COc1ccc2c(c1)OC[C@@H](N)[C@H]2O. The maximum Gasteiger partial charge on any atom is 0.128 e. The quantitative estimate of drug-likeness (QED) is 0.682. The first kappa shape index (κ1) is 9.30. The summed E-state index contributed by atoms with van der Waals surface area (Å²) in [6.45, 7) is 0.335. The van der Waals surface area contributed by atoms with E-state index in [1.165, 1.54) is 0 Å². The minimum Gasteiger partial charge on any atom is -0.497 e. The third-order valence-corrected chi connectivity index (χ3v) is 2.38. The van der Waals surface area contributed by atoms with Gasteiger partial charge in [0.1, 0.15) is 24.2 Å². The summed E-state index contributed by atoms with van der Waals surface area (Å²) in [4.78, 5) is 0. The lowest BCUT2D eigenvalue weighted by Crippen LogP contribution is -2.38. The van der Waals surface area contributed by atoms with Gasteiger partial charge in [-0.1, -0.05) is 0 Å². The van der Waals surface area contributed by atoms with Crippen LogP contribution in [0.3, 0.4) is 0 Å². The highest BCUT2D eigenvalue weighted by Gasteiger charge is 2.26. The van der Waals surface area contributed by atoms with Crippen molar-refractivity contribution in [3.63, 3.8) is 0 Å². The number of ether oxygens (including phenoxy) is 2. The second-order valence-electron chi connectivity index (χ2n) is 3.32. The Morgan fingerprint density at radius 2 is 2.36 bits per heavy atom. The lowest BCUT2D eigenvalue weighted by Gasteiger charge is -2.27. The molecule has 1 aliphatic rings. The number of benzene rings is 1. The summed E-state index contributed by atoms with van der Waals surface area (Å²) < 4.78 is 10.4. The summed E-state index contributed by atoms with van der Waals surface area (Å²) >= 11 is 0. The van der Waals surface area contributed by atoms with Crippen LogP contribution in [0.2, 0.25) is 0 Å². The van der Waals surface area contributed by atoms with E-state index in [-0.39, 0.29) is 6.04 Å². The number of nitrogens with two attached hydrogens (primary N) is 1.